The second-order valence-corrected chi connectivity index (χ2v) is 10.1. The van der Waals surface area contributed by atoms with Crippen LogP contribution in [0.4, 0.5) is 0 Å². The quantitative estimate of drug-likeness (QED) is 0.102. The molecule has 0 aliphatic carbocycles. The lowest BCUT2D eigenvalue weighted by Crippen LogP contribution is -2.39. The Morgan fingerprint density at radius 2 is 2.00 bits per heavy atom. The zero-order chi connectivity index (χ0) is 25.6. The molecule has 1 fully saturated rings. The number of nitrogens with one attached hydrogen (secondary N) is 2. The maximum atomic E-state index is 12.2. The molecule has 0 amide bonds. The number of nitrogens with zero attached hydrogens (tertiary/aromatic N) is 1. The lowest BCUT2D eigenvalue weighted by atomic mass is 10.1. The Balaban J connectivity index is 2.12. The van der Waals surface area contributed by atoms with Crippen molar-refractivity contribution in [3.05, 3.63) is 33.1 Å². The third-order valence-corrected chi connectivity index (χ3v) is 6.48. The zero-order valence-corrected chi connectivity index (χ0v) is 20.1. The van der Waals surface area contributed by atoms with Crippen LogP contribution in [0.5, 0.6) is 0 Å². The molecule has 3 unspecified atom stereocenters. The highest BCUT2D eigenvalue weighted by Crippen LogP contribution is 2.43. The van der Waals surface area contributed by atoms with Crippen molar-refractivity contribution in [1.29, 1.82) is 0 Å². The summed E-state index contributed by atoms with van der Waals surface area (Å²) in [4.78, 5) is 57.2. The highest BCUT2D eigenvalue weighted by molar-refractivity contribution is 8.39. The molecule has 34 heavy (non-hydrogen) atoms. The van der Waals surface area contributed by atoms with Gasteiger partial charge in [-0.1, -0.05) is 0 Å². The molecular weight excluding hydrogens is 524 g/mol. The normalized spacial score (nSPS) is 24.6. The molecule has 0 aromatic carbocycles. The Morgan fingerprint density at radius 3 is 2.53 bits per heavy atom. The topological polar surface area (TPSA) is 233 Å². The van der Waals surface area contributed by atoms with E-state index in [-0.39, 0.29) is 0 Å². The second-order valence-electron chi connectivity index (χ2n) is 6.83. The standard InChI is InChI=1S/C15H21N3O13P2S/c1-28-11-10(31-32(25)34)8(30-12(11)18-5-3-9(19)17-15(18)24)6-29-33(26,27)16-4-2-7(13(20)21)14(22)23/h3,5,7-8,10-12H,2,4,6H2,1H3,(H5-,16,17,19,20,21,22,23,24,25,26,27,34)/p+1/t8?,10-,11-,12-/m1/s1. The Kier molecular flexibility index (Phi) is 10.1. The molecule has 1 aromatic heterocycles. The smallest absolute Gasteiger partial charge is 0.481 e. The number of carbonyl (C=O) groups is 2. The fourth-order valence-electron chi connectivity index (χ4n) is 3.10. The average molecular weight is 546 g/mol. The molecule has 5 N–H and O–H groups in total. The van der Waals surface area contributed by atoms with E-state index in [4.69, 9.17) is 28.7 Å². The molecule has 1 saturated heterocycles. The minimum Gasteiger partial charge on any atom is -0.481 e. The molecule has 1 aliphatic rings. The van der Waals surface area contributed by atoms with Gasteiger partial charge in [0.15, 0.2) is 18.2 Å². The van der Waals surface area contributed by atoms with Crippen molar-refractivity contribution in [3.63, 3.8) is 0 Å². The highest BCUT2D eigenvalue weighted by Gasteiger charge is 2.51. The number of aromatic amines is 1. The first-order chi connectivity index (χ1) is 15.9. The number of thiol groups is 1. The summed E-state index contributed by atoms with van der Waals surface area (Å²) in [6.07, 6.45) is -4.09. The van der Waals surface area contributed by atoms with Gasteiger partial charge in [-0.15, -0.1) is 4.52 Å². The van der Waals surface area contributed by atoms with Crippen LogP contribution < -0.4 is 16.3 Å². The van der Waals surface area contributed by atoms with E-state index in [1.54, 1.807) is 0 Å². The van der Waals surface area contributed by atoms with E-state index in [2.05, 4.69) is 12.2 Å². The van der Waals surface area contributed by atoms with Gasteiger partial charge in [0.05, 0.1) is 6.61 Å². The van der Waals surface area contributed by atoms with Crippen molar-refractivity contribution in [2.45, 2.75) is 31.0 Å². The minimum absolute atomic E-state index is 0.485. The summed E-state index contributed by atoms with van der Waals surface area (Å²) in [7, 11) is -5.85. The van der Waals surface area contributed by atoms with Gasteiger partial charge in [0.1, 0.15) is 24.5 Å². The largest absolute Gasteiger partial charge is 0.582 e. The van der Waals surface area contributed by atoms with Crippen molar-refractivity contribution in [3.8, 4) is 0 Å². The number of aliphatic carboxylic acids is 2. The van der Waals surface area contributed by atoms with Gasteiger partial charge in [-0.3, -0.25) is 28.5 Å². The van der Waals surface area contributed by atoms with Crippen molar-refractivity contribution in [2.24, 2.45) is 5.92 Å². The van der Waals surface area contributed by atoms with Crippen molar-refractivity contribution in [1.82, 2.24) is 14.6 Å². The van der Waals surface area contributed by atoms with Crippen LogP contribution in [0.15, 0.2) is 21.9 Å². The van der Waals surface area contributed by atoms with E-state index in [0.29, 0.717) is 0 Å². The van der Waals surface area contributed by atoms with Gasteiger partial charge in [0.2, 0.25) is 0 Å². The van der Waals surface area contributed by atoms with Gasteiger partial charge in [0.25, 0.3) is 5.56 Å². The molecule has 2 rings (SSSR count). The first kappa shape index (κ1) is 28.3. The average Bonchev–Trinajstić information content (AvgIpc) is 3.05. The minimum atomic E-state index is -4.58. The van der Waals surface area contributed by atoms with Gasteiger partial charge < -0.3 is 24.6 Å². The van der Waals surface area contributed by atoms with E-state index < -0.39 is 88.2 Å². The van der Waals surface area contributed by atoms with Gasteiger partial charge in [0, 0.05) is 25.9 Å². The summed E-state index contributed by atoms with van der Waals surface area (Å²) in [6.45, 7) is -1.14. The summed E-state index contributed by atoms with van der Waals surface area (Å²) in [5, 5.41) is 19.7. The maximum absolute atomic E-state index is 12.2. The van der Waals surface area contributed by atoms with Crippen LogP contribution in [-0.4, -0.2) is 75.2 Å². The lowest BCUT2D eigenvalue weighted by Gasteiger charge is -2.20. The van der Waals surface area contributed by atoms with E-state index in [0.717, 1.165) is 16.8 Å². The SMILES string of the molecule is CO[C@@H]1[C@H](O[P+](=O)S)C(COP(=O)(O)NCCC(C(=O)O)C(=O)O)O[C@H]1n1ccc(=O)[nH]c1=O. The Hall–Kier alpha value is -1.94. The van der Waals surface area contributed by atoms with Crippen molar-refractivity contribution >= 4 is 39.2 Å². The summed E-state index contributed by atoms with van der Waals surface area (Å²) in [5.41, 5.74) is -1.52. The first-order valence-electron chi connectivity index (χ1n) is 9.37. The van der Waals surface area contributed by atoms with Gasteiger partial charge in [-0.2, -0.15) is 0 Å². The molecule has 0 saturated carbocycles. The Morgan fingerprint density at radius 1 is 1.35 bits per heavy atom. The number of carboxylic acid groups (broad SMARTS) is 2. The molecule has 1 aromatic rings. The second kappa shape index (κ2) is 12.2. The van der Waals surface area contributed by atoms with Crippen molar-refractivity contribution in [2.75, 3.05) is 20.3 Å². The molecule has 16 nitrogen and oxygen atoms in total. The first-order valence-corrected chi connectivity index (χ1v) is 13.3. The van der Waals surface area contributed by atoms with E-state index in [1.165, 1.54) is 7.11 Å². The molecule has 19 heteroatoms. The number of hydrogen-bond donors (Lipinski definition) is 6. The van der Waals surface area contributed by atoms with Crippen LogP contribution in [-0.2, 0) is 37.2 Å². The van der Waals surface area contributed by atoms with Gasteiger partial charge in [-0.25, -0.2) is 14.4 Å². The molecular formula is C15H22N3O13P2S+. The van der Waals surface area contributed by atoms with Crippen LogP contribution >= 0.6 is 27.2 Å². The van der Waals surface area contributed by atoms with Crippen LogP contribution in [0.3, 0.4) is 0 Å². The van der Waals surface area contributed by atoms with Crippen LogP contribution in [0, 0.1) is 5.92 Å². The molecule has 1 aliphatic heterocycles. The van der Waals surface area contributed by atoms with Crippen LogP contribution in [0.2, 0.25) is 0 Å². The number of aromatic nitrogens is 2. The monoisotopic (exact) mass is 546 g/mol. The predicted molar refractivity (Wildman–Crippen MR) is 115 cm³/mol. The highest BCUT2D eigenvalue weighted by atomic mass is 32.7. The van der Waals surface area contributed by atoms with E-state index in [9.17, 15) is 33.2 Å². The number of ether oxygens (including phenoxy) is 2. The fourth-order valence-corrected chi connectivity index (χ4v) is 4.74. The summed E-state index contributed by atoms with van der Waals surface area (Å²) < 4.78 is 45.9. The summed E-state index contributed by atoms with van der Waals surface area (Å²) in [6, 6.07) is 1.05. The molecule has 0 radical (unpaired) electrons. The third kappa shape index (κ3) is 7.53. The lowest BCUT2D eigenvalue weighted by molar-refractivity contribution is -0.154. The van der Waals surface area contributed by atoms with Gasteiger partial charge >= 0.3 is 32.6 Å². The van der Waals surface area contributed by atoms with Gasteiger partial charge in [-0.05, 0) is 11.0 Å². The zero-order valence-electron chi connectivity index (χ0n) is 17.4. The van der Waals surface area contributed by atoms with E-state index >= 15 is 0 Å². The fraction of sp³-hybridized carbons (Fsp3) is 0.600. The number of hydrogen-bond acceptors (Lipinski definition) is 10. The number of carboxylic acids is 2. The Bertz CT molecular complexity index is 1060. The van der Waals surface area contributed by atoms with Crippen LogP contribution in [0.25, 0.3) is 0 Å². The maximum Gasteiger partial charge on any atom is 0.582 e. The molecule has 2 heterocycles. The summed E-state index contributed by atoms with van der Waals surface area (Å²) >= 11 is 3.67. The molecule has 0 bridgehead atoms. The summed E-state index contributed by atoms with van der Waals surface area (Å²) in [5.74, 6) is -5.02. The van der Waals surface area contributed by atoms with E-state index in [1.807, 2.05) is 10.1 Å². The number of rotatable bonds is 13. The third-order valence-electron chi connectivity index (χ3n) is 4.65. The van der Waals surface area contributed by atoms with Crippen LogP contribution in [0.1, 0.15) is 12.6 Å². The molecule has 190 valence electrons. The number of methoxy groups -OCH3 is 1. The number of H-pyrrole nitrogens is 1. The molecule has 6 atom stereocenters. The van der Waals surface area contributed by atoms with Crippen molar-refractivity contribution < 1.29 is 52.3 Å². The predicted octanol–water partition coefficient (Wildman–Crippen LogP) is -0.696. The Labute approximate surface area is 196 Å². The molecule has 0 spiro atoms.